The minimum atomic E-state index is -0.291. The number of fused-ring (bicyclic) bond motifs is 1. The van der Waals surface area contributed by atoms with Crippen molar-refractivity contribution in [3.8, 4) is 11.3 Å². The van der Waals surface area contributed by atoms with Gasteiger partial charge in [0.1, 0.15) is 6.33 Å². The zero-order chi connectivity index (χ0) is 18.6. The summed E-state index contributed by atoms with van der Waals surface area (Å²) in [6.07, 6.45) is 2.15. The van der Waals surface area contributed by atoms with Crippen molar-refractivity contribution in [1.29, 1.82) is 0 Å². The highest BCUT2D eigenvalue weighted by Crippen LogP contribution is 2.18. The summed E-state index contributed by atoms with van der Waals surface area (Å²) in [7, 11) is 0. The summed E-state index contributed by atoms with van der Waals surface area (Å²) in [5.74, 6) is -0.245. The SMILES string of the molecule is O=C(CCc1ccc(-c2ccccc2)[nH]1)Nn1cnc2ccccc2c1=O. The third-order valence-corrected chi connectivity index (χ3v) is 4.36. The highest BCUT2D eigenvalue weighted by Gasteiger charge is 2.08. The molecule has 1 amide bonds. The van der Waals surface area contributed by atoms with Crippen molar-refractivity contribution in [1.82, 2.24) is 14.6 Å². The zero-order valence-corrected chi connectivity index (χ0v) is 14.6. The number of hydrogen-bond donors (Lipinski definition) is 2. The average Bonchev–Trinajstić information content (AvgIpc) is 3.19. The van der Waals surface area contributed by atoms with Crippen molar-refractivity contribution >= 4 is 16.8 Å². The van der Waals surface area contributed by atoms with Crippen LogP contribution in [0.25, 0.3) is 22.2 Å². The number of amides is 1. The Balaban J connectivity index is 1.41. The molecular weight excluding hydrogens is 340 g/mol. The molecule has 4 aromatic rings. The van der Waals surface area contributed by atoms with Gasteiger partial charge in [-0.25, -0.2) is 9.66 Å². The number of H-pyrrole nitrogens is 1. The number of nitrogens with one attached hydrogen (secondary N) is 2. The molecule has 0 bridgehead atoms. The number of aryl methyl sites for hydroxylation is 1. The number of hydrogen-bond acceptors (Lipinski definition) is 3. The van der Waals surface area contributed by atoms with Crippen LogP contribution in [0.2, 0.25) is 0 Å². The van der Waals surface area contributed by atoms with E-state index >= 15 is 0 Å². The van der Waals surface area contributed by atoms with E-state index in [1.165, 1.54) is 6.33 Å². The maximum Gasteiger partial charge on any atom is 0.280 e. The molecule has 0 aliphatic heterocycles. The Kier molecular flexibility index (Phi) is 4.53. The maximum atomic E-state index is 12.4. The lowest BCUT2D eigenvalue weighted by atomic mass is 10.2. The number of aromatic nitrogens is 3. The number of carbonyl (C=O) groups excluding carboxylic acids is 1. The predicted molar refractivity (Wildman–Crippen MR) is 105 cm³/mol. The molecule has 0 aliphatic carbocycles. The molecule has 6 heteroatoms. The van der Waals surface area contributed by atoms with Gasteiger partial charge in [0.2, 0.25) is 5.91 Å². The van der Waals surface area contributed by atoms with E-state index in [1.807, 2.05) is 48.5 Å². The molecular formula is C21H18N4O2. The van der Waals surface area contributed by atoms with Gasteiger partial charge in [-0.3, -0.25) is 15.0 Å². The fraction of sp³-hybridized carbons (Fsp3) is 0.0952. The lowest BCUT2D eigenvalue weighted by Crippen LogP contribution is -2.33. The lowest BCUT2D eigenvalue weighted by Gasteiger charge is -2.08. The van der Waals surface area contributed by atoms with Crippen LogP contribution in [-0.4, -0.2) is 20.6 Å². The molecule has 2 aromatic carbocycles. The first kappa shape index (κ1) is 16.8. The van der Waals surface area contributed by atoms with E-state index in [1.54, 1.807) is 18.2 Å². The Labute approximate surface area is 155 Å². The monoisotopic (exact) mass is 358 g/mol. The van der Waals surface area contributed by atoms with Gasteiger partial charge >= 0.3 is 0 Å². The Morgan fingerprint density at radius 2 is 1.78 bits per heavy atom. The lowest BCUT2D eigenvalue weighted by molar-refractivity contribution is -0.117. The summed E-state index contributed by atoms with van der Waals surface area (Å²) in [5.41, 5.74) is 5.99. The first-order valence-electron chi connectivity index (χ1n) is 8.70. The van der Waals surface area contributed by atoms with E-state index in [4.69, 9.17) is 0 Å². The second kappa shape index (κ2) is 7.29. The first-order valence-corrected chi connectivity index (χ1v) is 8.70. The van der Waals surface area contributed by atoms with Crippen molar-refractivity contribution in [2.45, 2.75) is 12.8 Å². The molecule has 2 N–H and O–H groups in total. The van der Waals surface area contributed by atoms with Gasteiger partial charge in [-0.05, 0) is 36.2 Å². The van der Waals surface area contributed by atoms with Crippen molar-refractivity contribution in [2.75, 3.05) is 5.43 Å². The molecule has 2 heterocycles. The summed E-state index contributed by atoms with van der Waals surface area (Å²) in [4.78, 5) is 32.2. The van der Waals surface area contributed by atoms with E-state index < -0.39 is 0 Å². The Morgan fingerprint density at radius 1 is 1.00 bits per heavy atom. The second-order valence-corrected chi connectivity index (χ2v) is 6.24. The summed E-state index contributed by atoms with van der Waals surface area (Å²) in [6, 6.07) is 21.0. The summed E-state index contributed by atoms with van der Waals surface area (Å²) < 4.78 is 1.13. The van der Waals surface area contributed by atoms with Crippen LogP contribution in [0.4, 0.5) is 0 Å². The highest BCUT2D eigenvalue weighted by atomic mass is 16.2. The molecule has 0 saturated carbocycles. The van der Waals surface area contributed by atoms with Crippen LogP contribution in [0.5, 0.6) is 0 Å². The molecule has 0 fully saturated rings. The van der Waals surface area contributed by atoms with E-state index in [-0.39, 0.29) is 17.9 Å². The van der Waals surface area contributed by atoms with Gasteiger partial charge in [0.15, 0.2) is 0 Å². The number of benzene rings is 2. The third-order valence-electron chi connectivity index (χ3n) is 4.36. The molecule has 0 spiro atoms. The van der Waals surface area contributed by atoms with Crippen molar-refractivity contribution in [3.63, 3.8) is 0 Å². The molecule has 0 saturated heterocycles. The predicted octanol–water partition coefficient (Wildman–Crippen LogP) is 3.09. The zero-order valence-electron chi connectivity index (χ0n) is 14.6. The molecule has 0 atom stereocenters. The van der Waals surface area contributed by atoms with E-state index in [2.05, 4.69) is 15.4 Å². The number of aromatic amines is 1. The molecule has 0 aliphatic rings. The first-order chi connectivity index (χ1) is 13.2. The second-order valence-electron chi connectivity index (χ2n) is 6.24. The summed E-state index contributed by atoms with van der Waals surface area (Å²) in [5, 5.41) is 0.470. The maximum absolute atomic E-state index is 12.4. The Bertz CT molecular complexity index is 1150. The standard InChI is InChI=1S/C21H18N4O2/c26-20(24-25-14-22-19-9-5-4-8-17(19)21(25)27)13-11-16-10-12-18(23-16)15-6-2-1-3-7-15/h1-10,12,14,23H,11,13H2,(H,24,26). The topological polar surface area (TPSA) is 79.8 Å². The molecule has 134 valence electrons. The highest BCUT2D eigenvalue weighted by molar-refractivity contribution is 5.84. The summed E-state index contributed by atoms with van der Waals surface area (Å²) in [6.45, 7) is 0. The van der Waals surface area contributed by atoms with Crippen LogP contribution in [-0.2, 0) is 11.2 Å². The average molecular weight is 358 g/mol. The van der Waals surface area contributed by atoms with Crippen LogP contribution in [0.1, 0.15) is 12.1 Å². The molecule has 0 radical (unpaired) electrons. The van der Waals surface area contributed by atoms with Crippen molar-refractivity contribution in [2.24, 2.45) is 0 Å². The molecule has 27 heavy (non-hydrogen) atoms. The fourth-order valence-electron chi connectivity index (χ4n) is 2.96. The smallest absolute Gasteiger partial charge is 0.280 e. The van der Waals surface area contributed by atoms with Crippen LogP contribution >= 0.6 is 0 Å². The fourth-order valence-corrected chi connectivity index (χ4v) is 2.96. The minimum absolute atomic E-state index is 0.245. The summed E-state index contributed by atoms with van der Waals surface area (Å²) >= 11 is 0. The van der Waals surface area contributed by atoms with Crippen molar-refractivity contribution < 1.29 is 4.79 Å². The van der Waals surface area contributed by atoms with Gasteiger partial charge in [0.25, 0.3) is 5.56 Å². The molecule has 4 rings (SSSR count). The van der Waals surface area contributed by atoms with Gasteiger partial charge in [0, 0.05) is 17.8 Å². The number of nitrogens with zero attached hydrogens (tertiary/aromatic N) is 2. The third kappa shape index (κ3) is 3.64. The quantitative estimate of drug-likeness (QED) is 0.575. The molecule has 6 nitrogen and oxygen atoms in total. The molecule has 2 aromatic heterocycles. The van der Waals surface area contributed by atoms with Crippen LogP contribution < -0.4 is 11.0 Å². The number of carbonyl (C=O) groups is 1. The van der Waals surface area contributed by atoms with Gasteiger partial charge < -0.3 is 4.98 Å². The van der Waals surface area contributed by atoms with Crippen LogP contribution in [0, 0.1) is 0 Å². The Hall–Kier alpha value is -3.67. The van der Waals surface area contributed by atoms with E-state index in [0.29, 0.717) is 17.3 Å². The van der Waals surface area contributed by atoms with Gasteiger partial charge in [0.05, 0.1) is 10.9 Å². The molecule has 0 unspecified atom stereocenters. The minimum Gasteiger partial charge on any atom is -0.358 e. The van der Waals surface area contributed by atoms with Crippen LogP contribution in [0.3, 0.4) is 0 Å². The number of para-hydroxylation sites is 1. The van der Waals surface area contributed by atoms with Gasteiger partial charge in [-0.15, -0.1) is 0 Å². The van der Waals surface area contributed by atoms with Crippen LogP contribution in [0.15, 0.2) is 77.9 Å². The van der Waals surface area contributed by atoms with Gasteiger partial charge in [-0.2, -0.15) is 0 Å². The Morgan fingerprint density at radius 3 is 2.63 bits per heavy atom. The number of rotatable bonds is 5. The van der Waals surface area contributed by atoms with E-state index in [9.17, 15) is 9.59 Å². The van der Waals surface area contributed by atoms with Crippen molar-refractivity contribution in [3.05, 3.63) is 89.1 Å². The van der Waals surface area contributed by atoms with E-state index in [0.717, 1.165) is 21.6 Å². The largest absolute Gasteiger partial charge is 0.358 e. The normalized spacial score (nSPS) is 10.8. The van der Waals surface area contributed by atoms with Gasteiger partial charge in [-0.1, -0.05) is 42.5 Å².